The minimum Gasteiger partial charge on any atom is -0.373 e. The third kappa shape index (κ3) is 1.43. The van der Waals surface area contributed by atoms with E-state index in [1.165, 1.54) is 18.4 Å². The Morgan fingerprint density at radius 2 is 2.00 bits per heavy atom. The van der Waals surface area contributed by atoms with Gasteiger partial charge >= 0.3 is 6.18 Å². The highest BCUT2D eigenvalue weighted by atomic mass is 35.5. The molecule has 0 saturated heterocycles. The second-order valence-electron chi connectivity index (χ2n) is 2.47. The molecule has 1 atom stereocenters. The van der Waals surface area contributed by atoms with Crippen molar-refractivity contribution >= 4 is 11.6 Å². The van der Waals surface area contributed by atoms with Crippen LogP contribution < -0.4 is 5.32 Å². The molecular weight excluding hydrogens is 191 g/mol. The highest BCUT2D eigenvalue weighted by Crippen LogP contribution is 2.33. The average Bonchev–Trinajstić information content (AvgIpc) is 2.04. The van der Waals surface area contributed by atoms with E-state index in [1.54, 1.807) is 0 Å². The lowest BCUT2D eigenvalue weighted by molar-refractivity contribution is -0.172. The van der Waals surface area contributed by atoms with Crippen LogP contribution in [0.5, 0.6) is 0 Å². The SMILES string of the molecule is FC(F)(F)C1(CCl)C=CC=CN1. The van der Waals surface area contributed by atoms with E-state index in [-0.39, 0.29) is 0 Å². The standard InChI is InChI=1S/C7H7ClF3N/c8-5-6(7(9,10)11)3-1-2-4-12-6/h1-4,12H,5H2. The predicted octanol–water partition coefficient (Wildman–Crippen LogP) is 2.20. The molecule has 1 heterocycles. The van der Waals surface area contributed by atoms with Gasteiger partial charge in [0.25, 0.3) is 0 Å². The van der Waals surface area contributed by atoms with Gasteiger partial charge in [0.05, 0.1) is 5.88 Å². The molecule has 1 aliphatic heterocycles. The maximum absolute atomic E-state index is 12.4. The molecule has 0 fully saturated rings. The van der Waals surface area contributed by atoms with Gasteiger partial charge < -0.3 is 5.32 Å². The van der Waals surface area contributed by atoms with Crippen molar-refractivity contribution in [2.24, 2.45) is 0 Å². The molecule has 1 rings (SSSR count). The van der Waals surface area contributed by atoms with E-state index in [2.05, 4.69) is 5.32 Å². The van der Waals surface area contributed by atoms with Crippen molar-refractivity contribution in [2.75, 3.05) is 5.88 Å². The van der Waals surface area contributed by atoms with Crippen LogP contribution in [0, 0.1) is 0 Å². The summed E-state index contributed by atoms with van der Waals surface area (Å²) in [4.78, 5) is 0. The van der Waals surface area contributed by atoms with Gasteiger partial charge in [-0.15, -0.1) is 11.6 Å². The maximum atomic E-state index is 12.4. The molecule has 5 heteroatoms. The summed E-state index contributed by atoms with van der Waals surface area (Å²) < 4.78 is 37.1. The minimum atomic E-state index is -4.37. The molecule has 0 amide bonds. The normalized spacial score (nSPS) is 28.7. The lowest BCUT2D eigenvalue weighted by atomic mass is 9.99. The molecule has 1 nitrogen and oxygen atoms in total. The van der Waals surface area contributed by atoms with E-state index in [0.29, 0.717) is 0 Å². The van der Waals surface area contributed by atoms with Crippen LogP contribution in [-0.2, 0) is 0 Å². The Kier molecular flexibility index (Phi) is 2.37. The van der Waals surface area contributed by atoms with Gasteiger partial charge in [0, 0.05) is 0 Å². The molecule has 1 aliphatic rings. The minimum absolute atomic E-state index is 0.530. The van der Waals surface area contributed by atoms with Gasteiger partial charge in [-0.3, -0.25) is 0 Å². The van der Waals surface area contributed by atoms with E-state index >= 15 is 0 Å². The summed E-state index contributed by atoms with van der Waals surface area (Å²) in [6, 6.07) is 0. The first-order chi connectivity index (χ1) is 5.52. The van der Waals surface area contributed by atoms with Crippen LogP contribution in [0.3, 0.4) is 0 Å². The molecule has 1 unspecified atom stereocenters. The van der Waals surface area contributed by atoms with Gasteiger partial charge in [-0.1, -0.05) is 6.08 Å². The lowest BCUT2D eigenvalue weighted by Crippen LogP contribution is -2.55. The number of hydrogen-bond acceptors (Lipinski definition) is 1. The molecule has 12 heavy (non-hydrogen) atoms. The molecule has 0 aromatic carbocycles. The van der Waals surface area contributed by atoms with Crippen molar-refractivity contribution in [1.82, 2.24) is 5.32 Å². The number of nitrogens with one attached hydrogen (secondary N) is 1. The summed E-state index contributed by atoms with van der Waals surface area (Å²) in [5.41, 5.74) is -2.09. The van der Waals surface area contributed by atoms with E-state index in [0.717, 1.165) is 6.08 Å². The summed E-state index contributed by atoms with van der Waals surface area (Å²) in [6.07, 6.45) is 0.689. The molecule has 1 N–H and O–H groups in total. The largest absolute Gasteiger partial charge is 0.416 e. The predicted molar refractivity (Wildman–Crippen MR) is 40.9 cm³/mol. The van der Waals surface area contributed by atoms with E-state index in [9.17, 15) is 13.2 Å². The average molecular weight is 198 g/mol. The zero-order valence-electron chi connectivity index (χ0n) is 6.03. The topological polar surface area (TPSA) is 12.0 Å². The molecule has 0 aromatic heterocycles. The van der Waals surface area contributed by atoms with Gasteiger partial charge in [0.1, 0.15) is 0 Å². The number of alkyl halides is 4. The first kappa shape index (κ1) is 9.45. The second kappa shape index (κ2) is 3.01. The van der Waals surface area contributed by atoms with Gasteiger partial charge in [-0.25, -0.2) is 0 Å². The van der Waals surface area contributed by atoms with E-state index < -0.39 is 17.6 Å². The number of hydrogen-bond donors (Lipinski definition) is 1. The number of allylic oxidation sites excluding steroid dienone is 2. The fourth-order valence-electron chi connectivity index (χ4n) is 0.856. The Labute approximate surface area is 72.9 Å². The first-order valence-electron chi connectivity index (χ1n) is 3.27. The zero-order valence-corrected chi connectivity index (χ0v) is 6.78. The second-order valence-corrected chi connectivity index (χ2v) is 2.73. The Balaban J connectivity index is 2.91. The van der Waals surface area contributed by atoms with Gasteiger partial charge in [-0.05, 0) is 18.4 Å². The molecule has 0 spiro atoms. The van der Waals surface area contributed by atoms with Crippen LogP contribution in [0.4, 0.5) is 13.2 Å². The van der Waals surface area contributed by atoms with Crippen molar-refractivity contribution in [3.8, 4) is 0 Å². The maximum Gasteiger partial charge on any atom is 0.416 e. The van der Waals surface area contributed by atoms with Gasteiger partial charge in [0.15, 0.2) is 5.54 Å². The van der Waals surface area contributed by atoms with Crippen LogP contribution in [-0.4, -0.2) is 17.6 Å². The third-order valence-corrected chi connectivity index (χ3v) is 2.07. The van der Waals surface area contributed by atoms with Crippen LogP contribution >= 0.6 is 11.6 Å². The molecule has 0 radical (unpaired) electrons. The highest BCUT2D eigenvalue weighted by molar-refractivity contribution is 6.19. The fourth-order valence-corrected chi connectivity index (χ4v) is 1.17. The Morgan fingerprint density at radius 3 is 2.25 bits per heavy atom. The number of dihydropyridines is 1. The third-order valence-electron chi connectivity index (χ3n) is 1.65. The zero-order chi connectivity index (χ0) is 9.24. The number of rotatable bonds is 1. The van der Waals surface area contributed by atoms with Gasteiger partial charge in [-0.2, -0.15) is 13.2 Å². The van der Waals surface area contributed by atoms with E-state index in [1.807, 2.05) is 0 Å². The van der Waals surface area contributed by atoms with Crippen molar-refractivity contribution in [3.05, 3.63) is 24.4 Å². The summed E-state index contributed by atoms with van der Waals surface area (Å²) in [5, 5.41) is 2.20. The lowest BCUT2D eigenvalue weighted by Gasteiger charge is -2.32. The van der Waals surface area contributed by atoms with Crippen LogP contribution in [0.2, 0.25) is 0 Å². The first-order valence-corrected chi connectivity index (χ1v) is 3.80. The highest BCUT2D eigenvalue weighted by Gasteiger charge is 2.52. The molecular formula is C7H7ClF3N. The van der Waals surface area contributed by atoms with E-state index in [4.69, 9.17) is 11.6 Å². The summed E-state index contributed by atoms with van der Waals surface area (Å²) in [6.45, 7) is 0. The van der Waals surface area contributed by atoms with Gasteiger partial charge in [0.2, 0.25) is 0 Å². The van der Waals surface area contributed by atoms with Crippen molar-refractivity contribution in [2.45, 2.75) is 11.7 Å². The molecule has 0 aliphatic carbocycles. The quantitative estimate of drug-likeness (QED) is 0.636. The Bertz CT molecular complexity index is 221. The van der Waals surface area contributed by atoms with Crippen LogP contribution in [0.15, 0.2) is 24.4 Å². The van der Waals surface area contributed by atoms with Crippen LogP contribution in [0.1, 0.15) is 0 Å². The number of halogens is 4. The Morgan fingerprint density at radius 1 is 1.33 bits per heavy atom. The molecule has 0 aromatic rings. The molecule has 0 bridgehead atoms. The monoisotopic (exact) mass is 197 g/mol. The van der Waals surface area contributed by atoms with Crippen molar-refractivity contribution in [1.29, 1.82) is 0 Å². The molecule has 0 saturated carbocycles. The van der Waals surface area contributed by atoms with Crippen molar-refractivity contribution < 1.29 is 13.2 Å². The summed E-state index contributed by atoms with van der Waals surface area (Å²) in [7, 11) is 0. The van der Waals surface area contributed by atoms with Crippen molar-refractivity contribution in [3.63, 3.8) is 0 Å². The fraction of sp³-hybridized carbons (Fsp3) is 0.429. The van der Waals surface area contributed by atoms with Crippen LogP contribution in [0.25, 0.3) is 0 Å². The summed E-state index contributed by atoms with van der Waals surface area (Å²) in [5.74, 6) is -0.530. The smallest absolute Gasteiger partial charge is 0.373 e. The Hall–Kier alpha value is -0.640. The molecule has 68 valence electrons. The summed E-state index contributed by atoms with van der Waals surface area (Å²) >= 11 is 5.25.